The average Bonchev–Trinajstić information content (AvgIpc) is 3.23. The van der Waals surface area contributed by atoms with E-state index in [0.717, 1.165) is 10.6 Å². The highest BCUT2D eigenvalue weighted by molar-refractivity contribution is 7.89. The van der Waals surface area contributed by atoms with E-state index >= 15 is 0 Å². The number of piperazine rings is 1. The van der Waals surface area contributed by atoms with Crippen LogP contribution in [0.5, 0.6) is 0 Å². The van der Waals surface area contributed by atoms with Gasteiger partial charge in [-0.2, -0.15) is 4.31 Å². The van der Waals surface area contributed by atoms with Gasteiger partial charge in [0.1, 0.15) is 5.01 Å². The van der Waals surface area contributed by atoms with Crippen LogP contribution in [-0.4, -0.2) is 54.7 Å². The molecule has 2 heterocycles. The van der Waals surface area contributed by atoms with Gasteiger partial charge in [0.05, 0.1) is 22.0 Å². The molecule has 1 amide bonds. The van der Waals surface area contributed by atoms with E-state index in [1.165, 1.54) is 15.6 Å². The second-order valence-corrected chi connectivity index (χ2v) is 10.1. The Hall–Kier alpha value is -2.26. The maximum atomic E-state index is 12.7. The Morgan fingerprint density at radius 1 is 1.00 bits per heavy atom. The predicted octanol–water partition coefficient (Wildman–Crippen LogP) is 3.54. The number of sulfonamides is 1. The van der Waals surface area contributed by atoms with Gasteiger partial charge < -0.3 is 4.90 Å². The van der Waals surface area contributed by atoms with Crippen molar-refractivity contribution in [3.63, 3.8) is 0 Å². The van der Waals surface area contributed by atoms with Gasteiger partial charge in [0.2, 0.25) is 15.9 Å². The number of hydrogen-bond donors (Lipinski definition) is 0. The average molecular weight is 462 g/mol. The highest BCUT2D eigenvalue weighted by Crippen LogP contribution is 2.30. The number of hydrogen-bond acceptors (Lipinski definition) is 5. The first-order valence-corrected chi connectivity index (χ1v) is 12.2. The summed E-state index contributed by atoms with van der Waals surface area (Å²) in [5.74, 6) is -0.0530. The molecule has 6 nitrogen and oxygen atoms in total. The van der Waals surface area contributed by atoms with Crippen LogP contribution in [0.25, 0.3) is 10.6 Å². The van der Waals surface area contributed by atoms with Crippen molar-refractivity contribution in [2.75, 3.05) is 26.2 Å². The summed E-state index contributed by atoms with van der Waals surface area (Å²) < 4.78 is 26.9. The lowest BCUT2D eigenvalue weighted by Gasteiger charge is -2.34. The van der Waals surface area contributed by atoms with Gasteiger partial charge in [-0.15, -0.1) is 11.3 Å². The van der Waals surface area contributed by atoms with Crippen LogP contribution in [0.3, 0.4) is 0 Å². The number of amides is 1. The van der Waals surface area contributed by atoms with Crippen molar-refractivity contribution in [3.8, 4) is 10.6 Å². The highest BCUT2D eigenvalue weighted by Gasteiger charge is 2.30. The first-order valence-electron chi connectivity index (χ1n) is 9.47. The van der Waals surface area contributed by atoms with Crippen molar-refractivity contribution in [1.82, 2.24) is 14.2 Å². The molecule has 30 heavy (non-hydrogen) atoms. The zero-order valence-electron chi connectivity index (χ0n) is 16.1. The van der Waals surface area contributed by atoms with Crippen LogP contribution in [0.1, 0.15) is 5.69 Å². The van der Waals surface area contributed by atoms with E-state index in [2.05, 4.69) is 4.98 Å². The Labute approximate surface area is 184 Å². The first kappa shape index (κ1) is 21.0. The predicted molar refractivity (Wildman–Crippen MR) is 118 cm³/mol. The topological polar surface area (TPSA) is 70.6 Å². The molecule has 1 aliphatic rings. The monoisotopic (exact) mass is 461 g/mol. The fourth-order valence-electron chi connectivity index (χ4n) is 3.33. The van der Waals surface area contributed by atoms with Gasteiger partial charge in [-0.1, -0.05) is 48.0 Å². The highest BCUT2D eigenvalue weighted by atomic mass is 35.5. The van der Waals surface area contributed by atoms with Crippen LogP contribution in [-0.2, 0) is 21.2 Å². The van der Waals surface area contributed by atoms with Crippen molar-refractivity contribution in [3.05, 3.63) is 70.7 Å². The van der Waals surface area contributed by atoms with Gasteiger partial charge in [-0.25, -0.2) is 13.4 Å². The minimum atomic E-state index is -3.53. The van der Waals surface area contributed by atoms with E-state index in [4.69, 9.17) is 11.6 Å². The SMILES string of the molecule is O=C(Cc1csc(-c2ccccc2Cl)n1)N1CCN(S(=O)(=O)c2ccccc2)CC1. The molecule has 2 aromatic carbocycles. The Bertz CT molecular complexity index is 1140. The van der Waals surface area contributed by atoms with E-state index in [-0.39, 0.29) is 30.3 Å². The molecule has 0 spiro atoms. The molecule has 1 saturated heterocycles. The zero-order valence-corrected chi connectivity index (χ0v) is 18.5. The largest absolute Gasteiger partial charge is 0.340 e. The molecule has 0 N–H and O–H groups in total. The van der Waals surface area contributed by atoms with E-state index in [1.54, 1.807) is 35.2 Å². The Kier molecular flexibility index (Phi) is 6.19. The second-order valence-electron chi connectivity index (χ2n) is 6.90. The number of rotatable bonds is 5. The second kappa shape index (κ2) is 8.85. The van der Waals surface area contributed by atoms with Crippen LogP contribution < -0.4 is 0 Å². The molecular weight excluding hydrogens is 442 g/mol. The number of thiazole rings is 1. The van der Waals surface area contributed by atoms with Crippen LogP contribution in [0.4, 0.5) is 0 Å². The summed E-state index contributed by atoms with van der Waals surface area (Å²) >= 11 is 7.68. The van der Waals surface area contributed by atoms with Gasteiger partial charge in [-0.3, -0.25) is 4.79 Å². The smallest absolute Gasteiger partial charge is 0.243 e. The van der Waals surface area contributed by atoms with Crippen molar-refractivity contribution in [2.45, 2.75) is 11.3 Å². The van der Waals surface area contributed by atoms with Gasteiger partial charge in [0, 0.05) is 37.1 Å². The van der Waals surface area contributed by atoms with Crippen LogP contribution >= 0.6 is 22.9 Å². The molecule has 1 aromatic heterocycles. The molecule has 0 bridgehead atoms. The number of carbonyl (C=O) groups excluding carboxylic acids is 1. The van der Waals surface area contributed by atoms with Crippen molar-refractivity contribution >= 4 is 38.9 Å². The standard InChI is InChI=1S/C21H20ClN3O3S2/c22-19-9-5-4-8-18(19)21-23-16(15-29-21)14-20(26)24-10-12-25(13-11-24)30(27,28)17-6-2-1-3-7-17/h1-9,15H,10-14H2. The molecule has 1 aliphatic heterocycles. The molecular formula is C21H20ClN3O3S2. The lowest BCUT2D eigenvalue weighted by Crippen LogP contribution is -2.50. The quantitative estimate of drug-likeness (QED) is 0.582. The van der Waals surface area contributed by atoms with E-state index in [9.17, 15) is 13.2 Å². The molecule has 3 aromatic rings. The summed E-state index contributed by atoms with van der Waals surface area (Å²) in [6.07, 6.45) is 0.187. The summed E-state index contributed by atoms with van der Waals surface area (Å²) in [5.41, 5.74) is 1.54. The minimum absolute atomic E-state index is 0.0530. The summed E-state index contributed by atoms with van der Waals surface area (Å²) in [5, 5.41) is 3.27. The summed E-state index contributed by atoms with van der Waals surface area (Å²) in [7, 11) is -3.53. The van der Waals surface area contributed by atoms with E-state index < -0.39 is 10.0 Å². The summed E-state index contributed by atoms with van der Waals surface area (Å²) in [6.45, 7) is 1.30. The molecule has 4 rings (SSSR count). The summed E-state index contributed by atoms with van der Waals surface area (Å²) in [6, 6.07) is 15.8. The third kappa shape index (κ3) is 4.41. The molecule has 0 saturated carbocycles. The zero-order chi connectivity index (χ0) is 21.1. The summed E-state index contributed by atoms with van der Waals surface area (Å²) in [4.78, 5) is 19.2. The maximum Gasteiger partial charge on any atom is 0.243 e. The minimum Gasteiger partial charge on any atom is -0.340 e. The number of nitrogens with zero attached hydrogens (tertiary/aromatic N) is 3. The van der Waals surface area contributed by atoms with Gasteiger partial charge in [0.15, 0.2) is 0 Å². The number of aromatic nitrogens is 1. The maximum absolute atomic E-state index is 12.7. The number of benzene rings is 2. The Morgan fingerprint density at radius 2 is 1.67 bits per heavy atom. The van der Waals surface area contributed by atoms with Gasteiger partial charge >= 0.3 is 0 Å². The molecule has 0 unspecified atom stereocenters. The Balaban J connectivity index is 1.37. The van der Waals surface area contributed by atoms with Gasteiger partial charge in [0.25, 0.3) is 0 Å². The lowest BCUT2D eigenvalue weighted by molar-refractivity contribution is -0.131. The third-order valence-electron chi connectivity index (χ3n) is 4.96. The third-order valence-corrected chi connectivity index (χ3v) is 8.13. The lowest BCUT2D eigenvalue weighted by atomic mass is 10.2. The van der Waals surface area contributed by atoms with Gasteiger partial charge in [-0.05, 0) is 18.2 Å². The van der Waals surface area contributed by atoms with Crippen LogP contribution in [0, 0.1) is 0 Å². The number of carbonyl (C=O) groups is 1. The molecule has 1 fully saturated rings. The number of halogens is 1. The molecule has 9 heteroatoms. The first-order chi connectivity index (χ1) is 14.4. The fraction of sp³-hybridized carbons (Fsp3) is 0.238. The normalized spacial score (nSPS) is 15.3. The van der Waals surface area contributed by atoms with Crippen molar-refractivity contribution < 1.29 is 13.2 Å². The molecule has 156 valence electrons. The van der Waals surface area contributed by atoms with E-state index in [1.807, 2.05) is 29.6 Å². The molecule has 0 atom stereocenters. The van der Waals surface area contributed by atoms with Crippen LogP contribution in [0.15, 0.2) is 64.9 Å². The van der Waals surface area contributed by atoms with Crippen molar-refractivity contribution in [1.29, 1.82) is 0 Å². The molecule has 0 aliphatic carbocycles. The van der Waals surface area contributed by atoms with Crippen LogP contribution in [0.2, 0.25) is 5.02 Å². The van der Waals surface area contributed by atoms with Crippen molar-refractivity contribution in [2.24, 2.45) is 0 Å². The Morgan fingerprint density at radius 3 is 2.37 bits per heavy atom. The molecule has 0 radical (unpaired) electrons. The fourth-order valence-corrected chi connectivity index (χ4v) is 5.92. The van der Waals surface area contributed by atoms with E-state index in [0.29, 0.717) is 23.8 Å².